The lowest BCUT2D eigenvalue weighted by atomic mass is 9.92. The fourth-order valence-corrected chi connectivity index (χ4v) is 3.65. The highest BCUT2D eigenvalue weighted by molar-refractivity contribution is 5.75. The van der Waals surface area contributed by atoms with Gasteiger partial charge in [0.25, 0.3) is 0 Å². The molecule has 0 aromatic heterocycles. The average molecular weight is 287 g/mol. The van der Waals surface area contributed by atoms with E-state index in [-0.39, 0.29) is 12.1 Å². The Morgan fingerprint density at radius 2 is 2.00 bits per heavy atom. The lowest BCUT2D eigenvalue weighted by Crippen LogP contribution is -2.50. The Morgan fingerprint density at radius 1 is 1.24 bits per heavy atom. The van der Waals surface area contributed by atoms with Gasteiger partial charge in [0.15, 0.2) is 0 Å². The molecule has 1 aromatic rings. The molecule has 1 atom stereocenters. The quantitative estimate of drug-likeness (QED) is 0.878. The summed E-state index contributed by atoms with van der Waals surface area (Å²) in [6.07, 6.45) is 6.91. The van der Waals surface area contributed by atoms with E-state index in [4.69, 9.17) is 5.73 Å². The zero-order valence-corrected chi connectivity index (χ0v) is 12.6. The number of hydrogen-bond donors (Lipinski definition) is 2. The molecule has 1 fully saturated rings. The molecular formula is C17H25N3O. The first-order chi connectivity index (χ1) is 10.3. The number of urea groups is 1. The van der Waals surface area contributed by atoms with Crippen LogP contribution in [0.5, 0.6) is 0 Å². The van der Waals surface area contributed by atoms with E-state index < -0.39 is 0 Å². The van der Waals surface area contributed by atoms with Gasteiger partial charge in [0.05, 0.1) is 6.04 Å². The summed E-state index contributed by atoms with van der Waals surface area (Å²) < 4.78 is 0. The van der Waals surface area contributed by atoms with Gasteiger partial charge in [0.2, 0.25) is 0 Å². The van der Waals surface area contributed by atoms with Crippen molar-refractivity contribution in [1.82, 2.24) is 10.2 Å². The maximum absolute atomic E-state index is 12.6. The number of hydrogen-bond acceptors (Lipinski definition) is 2. The fourth-order valence-electron chi connectivity index (χ4n) is 3.65. The number of fused-ring (bicyclic) bond motifs is 1. The summed E-state index contributed by atoms with van der Waals surface area (Å²) >= 11 is 0. The monoisotopic (exact) mass is 287 g/mol. The molecule has 0 radical (unpaired) electrons. The van der Waals surface area contributed by atoms with Crippen LogP contribution in [0.1, 0.15) is 49.3 Å². The zero-order valence-electron chi connectivity index (χ0n) is 12.6. The van der Waals surface area contributed by atoms with Crippen LogP contribution in [0.25, 0.3) is 0 Å². The van der Waals surface area contributed by atoms with E-state index in [1.54, 1.807) is 0 Å². The van der Waals surface area contributed by atoms with Crippen molar-refractivity contribution in [3.05, 3.63) is 35.4 Å². The predicted octanol–water partition coefficient (Wildman–Crippen LogP) is 2.59. The molecule has 1 unspecified atom stereocenters. The van der Waals surface area contributed by atoms with Crippen molar-refractivity contribution < 1.29 is 4.79 Å². The molecule has 3 N–H and O–H groups in total. The number of carbonyl (C=O) groups is 1. The molecule has 21 heavy (non-hydrogen) atoms. The fraction of sp³-hybridized carbons (Fsp3) is 0.588. The van der Waals surface area contributed by atoms with E-state index in [1.807, 2.05) is 11.0 Å². The minimum atomic E-state index is 0.0125. The van der Waals surface area contributed by atoms with E-state index in [1.165, 1.54) is 30.4 Å². The largest absolute Gasteiger partial charge is 0.335 e. The topological polar surface area (TPSA) is 58.4 Å². The number of nitrogens with one attached hydrogen (secondary N) is 1. The predicted molar refractivity (Wildman–Crippen MR) is 84.1 cm³/mol. The Labute approximate surface area is 126 Å². The lowest BCUT2D eigenvalue weighted by molar-refractivity contribution is 0.164. The lowest BCUT2D eigenvalue weighted by Gasteiger charge is -2.38. The maximum Gasteiger partial charge on any atom is 0.318 e. The molecule has 0 spiro atoms. The summed E-state index contributed by atoms with van der Waals surface area (Å²) in [5.41, 5.74) is 8.50. The van der Waals surface area contributed by atoms with Crippen molar-refractivity contribution in [2.45, 2.75) is 50.6 Å². The summed E-state index contributed by atoms with van der Waals surface area (Å²) in [6.45, 7) is 1.24. The third kappa shape index (κ3) is 3.05. The first kappa shape index (κ1) is 14.4. The van der Waals surface area contributed by atoms with Crippen molar-refractivity contribution >= 4 is 6.03 Å². The van der Waals surface area contributed by atoms with Gasteiger partial charge in [-0.25, -0.2) is 4.79 Å². The third-order valence-electron chi connectivity index (χ3n) is 4.83. The van der Waals surface area contributed by atoms with Crippen molar-refractivity contribution in [2.24, 2.45) is 5.73 Å². The minimum absolute atomic E-state index is 0.0125. The molecule has 2 amide bonds. The smallest absolute Gasteiger partial charge is 0.318 e. The van der Waals surface area contributed by atoms with Gasteiger partial charge in [-0.1, -0.05) is 43.5 Å². The van der Waals surface area contributed by atoms with E-state index in [0.717, 1.165) is 25.8 Å². The third-order valence-corrected chi connectivity index (χ3v) is 4.83. The van der Waals surface area contributed by atoms with Gasteiger partial charge in [0, 0.05) is 19.1 Å². The number of rotatable bonds is 2. The van der Waals surface area contributed by atoms with E-state index in [9.17, 15) is 4.79 Å². The molecule has 1 saturated carbocycles. The molecule has 0 bridgehead atoms. The molecule has 0 saturated heterocycles. The van der Waals surface area contributed by atoms with Gasteiger partial charge in [-0.2, -0.15) is 0 Å². The van der Waals surface area contributed by atoms with Crippen LogP contribution in [-0.4, -0.2) is 30.1 Å². The van der Waals surface area contributed by atoms with Crippen LogP contribution < -0.4 is 11.1 Å². The normalized spacial score (nSPS) is 22.7. The van der Waals surface area contributed by atoms with Gasteiger partial charge >= 0.3 is 6.03 Å². The van der Waals surface area contributed by atoms with Crippen LogP contribution in [0.15, 0.2) is 24.3 Å². The van der Waals surface area contributed by atoms with Crippen LogP contribution in [0.2, 0.25) is 0 Å². The van der Waals surface area contributed by atoms with Crippen LogP contribution >= 0.6 is 0 Å². The first-order valence-corrected chi connectivity index (χ1v) is 8.14. The molecule has 4 nitrogen and oxygen atoms in total. The molecule has 1 aliphatic heterocycles. The number of nitrogens with two attached hydrogens (primary N) is 1. The highest BCUT2D eigenvalue weighted by atomic mass is 16.2. The number of nitrogens with zero attached hydrogens (tertiary/aromatic N) is 1. The molecule has 1 heterocycles. The Bertz CT molecular complexity index is 497. The van der Waals surface area contributed by atoms with Gasteiger partial charge < -0.3 is 16.0 Å². The molecular weight excluding hydrogens is 262 g/mol. The summed E-state index contributed by atoms with van der Waals surface area (Å²) in [5.74, 6) is 0. The second kappa shape index (κ2) is 6.48. The van der Waals surface area contributed by atoms with Crippen LogP contribution in [0.4, 0.5) is 4.79 Å². The highest BCUT2D eigenvalue weighted by Gasteiger charge is 2.30. The van der Waals surface area contributed by atoms with Gasteiger partial charge in [0.1, 0.15) is 0 Å². The van der Waals surface area contributed by atoms with Gasteiger partial charge in [-0.15, -0.1) is 0 Å². The molecule has 3 rings (SSSR count). The summed E-state index contributed by atoms with van der Waals surface area (Å²) in [6, 6.07) is 8.77. The Morgan fingerprint density at radius 3 is 2.76 bits per heavy atom. The number of carbonyl (C=O) groups excluding carboxylic acids is 1. The van der Waals surface area contributed by atoms with Gasteiger partial charge in [-0.3, -0.25) is 0 Å². The summed E-state index contributed by atoms with van der Waals surface area (Å²) in [4.78, 5) is 14.5. The van der Waals surface area contributed by atoms with Crippen LogP contribution in [-0.2, 0) is 6.42 Å². The molecule has 4 heteroatoms. The van der Waals surface area contributed by atoms with Crippen LogP contribution in [0.3, 0.4) is 0 Å². The zero-order chi connectivity index (χ0) is 14.7. The molecule has 114 valence electrons. The highest BCUT2D eigenvalue weighted by Crippen LogP contribution is 2.29. The summed E-state index contributed by atoms with van der Waals surface area (Å²) in [7, 11) is 0. The SMILES string of the molecule is NCC1c2ccccc2CCN1C(=O)NC1CCCCC1. The Hall–Kier alpha value is -1.55. The van der Waals surface area contributed by atoms with Crippen molar-refractivity contribution in [3.63, 3.8) is 0 Å². The maximum atomic E-state index is 12.6. The first-order valence-electron chi connectivity index (χ1n) is 8.14. The molecule has 1 aliphatic carbocycles. The van der Waals surface area contributed by atoms with Crippen molar-refractivity contribution in [2.75, 3.05) is 13.1 Å². The minimum Gasteiger partial charge on any atom is -0.335 e. The Balaban J connectivity index is 1.71. The van der Waals surface area contributed by atoms with E-state index in [2.05, 4.69) is 23.5 Å². The summed E-state index contributed by atoms with van der Waals surface area (Å²) in [5, 5.41) is 3.22. The van der Waals surface area contributed by atoms with E-state index in [0.29, 0.717) is 12.6 Å². The van der Waals surface area contributed by atoms with E-state index >= 15 is 0 Å². The molecule has 2 aliphatic rings. The number of amides is 2. The van der Waals surface area contributed by atoms with Gasteiger partial charge in [-0.05, 0) is 30.4 Å². The second-order valence-corrected chi connectivity index (χ2v) is 6.18. The average Bonchev–Trinajstić information content (AvgIpc) is 2.54. The second-order valence-electron chi connectivity index (χ2n) is 6.18. The van der Waals surface area contributed by atoms with Crippen molar-refractivity contribution in [3.8, 4) is 0 Å². The van der Waals surface area contributed by atoms with Crippen LogP contribution in [0, 0.1) is 0 Å². The molecule has 1 aromatic carbocycles. The van der Waals surface area contributed by atoms with Crippen molar-refractivity contribution in [1.29, 1.82) is 0 Å². The Kier molecular flexibility index (Phi) is 4.44. The standard InChI is InChI=1S/C17H25N3O/c18-12-16-15-9-5-4-6-13(15)10-11-20(16)17(21)19-14-7-2-1-3-8-14/h4-6,9,14,16H,1-3,7-8,10-12,18H2,(H,19,21). The number of benzene rings is 1.